The highest BCUT2D eigenvalue weighted by Crippen LogP contribution is 2.34. The standard InChI is InChI=1S/C33H37N7O5S/c1-4-40-32(28-7-5-6-8-29(28)36-21-9-13-24(41)14-10-21)38-30-31(34-20-35-33(30)40)37-22-11-15-27(16-12-22)46(42,43)39-23-17-25(44-2)19-26(18-23)45-3/h5-8,11-12,15-21,24,36,39,41H,4,9-10,13-14H2,1-3H3,(H,34,35,37). The number of aliphatic hydroxyl groups excluding tert-OH is 1. The number of imidazole rings is 1. The molecule has 2 aromatic heterocycles. The van der Waals surface area contributed by atoms with Crippen molar-refractivity contribution in [3.8, 4) is 22.9 Å². The SMILES string of the molecule is CCn1c(-c2ccccc2NC2CCC(O)CC2)nc2c(Nc3ccc(S(=O)(=O)Nc4cc(OC)cc(OC)c4)cc3)ncnc21. The van der Waals surface area contributed by atoms with Crippen molar-refractivity contribution in [3.05, 3.63) is 73.1 Å². The molecule has 4 N–H and O–H groups in total. The number of hydrogen-bond donors (Lipinski definition) is 4. The summed E-state index contributed by atoms with van der Waals surface area (Å²) in [6.45, 7) is 2.69. The summed E-state index contributed by atoms with van der Waals surface area (Å²) in [5, 5.41) is 16.9. The third kappa shape index (κ3) is 6.56. The molecule has 12 nitrogen and oxygen atoms in total. The molecule has 0 bridgehead atoms. The van der Waals surface area contributed by atoms with Crippen LogP contribution in [0, 0.1) is 0 Å². The number of aryl methyl sites for hydroxylation is 1. The zero-order valence-corrected chi connectivity index (χ0v) is 26.7. The average molecular weight is 644 g/mol. The van der Waals surface area contributed by atoms with E-state index in [0.717, 1.165) is 42.8 Å². The molecule has 0 spiro atoms. The Labute approximate surface area is 267 Å². The highest BCUT2D eigenvalue weighted by atomic mass is 32.2. The number of ether oxygens (including phenoxy) is 2. The van der Waals surface area contributed by atoms with Gasteiger partial charge in [-0.1, -0.05) is 12.1 Å². The van der Waals surface area contributed by atoms with E-state index in [-0.39, 0.29) is 17.0 Å². The lowest BCUT2D eigenvalue weighted by atomic mass is 9.93. The van der Waals surface area contributed by atoms with Crippen molar-refractivity contribution in [2.45, 2.75) is 56.2 Å². The van der Waals surface area contributed by atoms with Crippen molar-refractivity contribution >= 4 is 44.1 Å². The fourth-order valence-electron chi connectivity index (χ4n) is 5.71. The number of benzene rings is 3. The van der Waals surface area contributed by atoms with Crippen molar-refractivity contribution in [1.82, 2.24) is 19.5 Å². The Morgan fingerprint density at radius 1 is 0.913 bits per heavy atom. The molecule has 5 aromatic rings. The maximum absolute atomic E-state index is 13.2. The van der Waals surface area contributed by atoms with Crippen LogP contribution in [0.5, 0.6) is 11.5 Å². The monoisotopic (exact) mass is 643 g/mol. The van der Waals surface area contributed by atoms with Gasteiger partial charge in [0.05, 0.1) is 30.9 Å². The molecule has 0 amide bonds. The predicted molar refractivity (Wildman–Crippen MR) is 178 cm³/mol. The molecule has 1 fully saturated rings. The molecule has 1 aliphatic carbocycles. The molecule has 240 valence electrons. The first-order chi connectivity index (χ1) is 22.3. The van der Waals surface area contributed by atoms with Crippen molar-refractivity contribution in [2.75, 3.05) is 29.6 Å². The van der Waals surface area contributed by atoms with E-state index in [4.69, 9.17) is 14.5 Å². The molecule has 0 atom stereocenters. The number of aromatic nitrogens is 4. The number of aliphatic hydroxyl groups is 1. The maximum Gasteiger partial charge on any atom is 0.261 e. The molecule has 0 radical (unpaired) electrons. The van der Waals surface area contributed by atoms with Gasteiger partial charge in [-0.05, 0) is 69.0 Å². The van der Waals surface area contributed by atoms with Crippen molar-refractivity contribution < 1.29 is 23.0 Å². The molecule has 0 aliphatic heterocycles. The highest BCUT2D eigenvalue weighted by molar-refractivity contribution is 7.92. The lowest BCUT2D eigenvalue weighted by molar-refractivity contribution is 0.126. The van der Waals surface area contributed by atoms with Gasteiger partial charge in [0.25, 0.3) is 10.0 Å². The van der Waals surface area contributed by atoms with E-state index in [1.165, 1.54) is 32.7 Å². The largest absolute Gasteiger partial charge is 0.497 e. The van der Waals surface area contributed by atoms with Crippen LogP contribution in [0.2, 0.25) is 0 Å². The lowest BCUT2D eigenvalue weighted by Crippen LogP contribution is -2.28. The van der Waals surface area contributed by atoms with E-state index in [1.807, 2.05) is 25.1 Å². The van der Waals surface area contributed by atoms with E-state index in [0.29, 0.717) is 46.4 Å². The Morgan fingerprint density at radius 2 is 1.61 bits per heavy atom. The second-order valence-electron chi connectivity index (χ2n) is 11.1. The number of nitrogens with one attached hydrogen (secondary N) is 3. The van der Waals surface area contributed by atoms with E-state index in [1.54, 1.807) is 30.3 Å². The van der Waals surface area contributed by atoms with Gasteiger partial charge in [-0.2, -0.15) is 0 Å². The van der Waals surface area contributed by atoms with Crippen LogP contribution in [0.4, 0.5) is 22.9 Å². The molecule has 1 saturated carbocycles. The Hall–Kier alpha value is -4.88. The van der Waals surface area contributed by atoms with Crippen molar-refractivity contribution in [2.24, 2.45) is 0 Å². The van der Waals surface area contributed by atoms with Gasteiger partial charge in [-0.15, -0.1) is 0 Å². The molecule has 13 heteroatoms. The zero-order valence-electron chi connectivity index (χ0n) is 25.9. The van der Waals surface area contributed by atoms with Crippen LogP contribution in [0.1, 0.15) is 32.6 Å². The van der Waals surface area contributed by atoms with Gasteiger partial charge in [0.2, 0.25) is 0 Å². The molecular formula is C33H37N7O5S. The Bertz CT molecular complexity index is 1920. The van der Waals surface area contributed by atoms with Crippen LogP contribution < -0.4 is 24.8 Å². The van der Waals surface area contributed by atoms with Crippen LogP contribution >= 0.6 is 0 Å². The molecule has 1 aliphatic rings. The quantitative estimate of drug-likeness (QED) is 0.139. The third-order valence-electron chi connectivity index (χ3n) is 8.10. The highest BCUT2D eigenvalue weighted by Gasteiger charge is 2.23. The van der Waals surface area contributed by atoms with Gasteiger partial charge in [0, 0.05) is 47.7 Å². The number of rotatable bonds is 11. The minimum atomic E-state index is -3.89. The van der Waals surface area contributed by atoms with Gasteiger partial charge < -0.3 is 29.8 Å². The summed E-state index contributed by atoms with van der Waals surface area (Å²) >= 11 is 0. The van der Waals surface area contributed by atoms with E-state index in [9.17, 15) is 13.5 Å². The van der Waals surface area contributed by atoms with Gasteiger partial charge in [0.1, 0.15) is 23.7 Å². The molecule has 6 rings (SSSR count). The predicted octanol–water partition coefficient (Wildman–Crippen LogP) is 5.79. The number of sulfonamides is 1. The van der Waals surface area contributed by atoms with Gasteiger partial charge >= 0.3 is 0 Å². The van der Waals surface area contributed by atoms with Gasteiger partial charge in [0.15, 0.2) is 17.0 Å². The summed E-state index contributed by atoms with van der Waals surface area (Å²) in [5.74, 6) is 2.20. The molecule has 46 heavy (non-hydrogen) atoms. The van der Waals surface area contributed by atoms with Crippen molar-refractivity contribution in [3.63, 3.8) is 0 Å². The minimum absolute atomic E-state index is 0.0850. The summed E-state index contributed by atoms with van der Waals surface area (Å²) in [6, 6.07) is 19.6. The average Bonchev–Trinajstić information content (AvgIpc) is 3.45. The zero-order chi connectivity index (χ0) is 32.3. The summed E-state index contributed by atoms with van der Waals surface area (Å²) in [4.78, 5) is 14.1. The lowest BCUT2D eigenvalue weighted by Gasteiger charge is -2.27. The normalized spacial score (nSPS) is 16.6. The topological polar surface area (TPSA) is 153 Å². The molecular weight excluding hydrogens is 606 g/mol. The summed E-state index contributed by atoms with van der Waals surface area (Å²) in [6.07, 6.45) is 4.67. The van der Waals surface area contributed by atoms with E-state index >= 15 is 0 Å². The fraction of sp³-hybridized carbons (Fsp3) is 0.303. The second kappa shape index (κ2) is 13.2. The number of nitrogens with zero attached hydrogens (tertiary/aromatic N) is 4. The Morgan fingerprint density at radius 3 is 2.28 bits per heavy atom. The number of para-hydroxylation sites is 1. The van der Waals surface area contributed by atoms with Crippen LogP contribution in [0.25, 0.3) is 22.6 Å². The number of anilines is 4. The van der Waals surface area contributed by atoms with E-state index < -0.39 is 10.0 Å². The minimum Gasteiger partial charge on any atom is -0.497 e. The summed E-state index contributed by atoms with van der Waals surface area (Å²) in [5.41, 5.74) is 4.17. The summed E-state index contributed by atoms with van der Waals surface area (Å²) < 4.78 is 41.5. The smallest absolute Gasteiger partial charge is 0.261 e. The fourth-order valence-corrected chi connectivity index (χ4v) is 6.75. The molecule has 2 heterocycles. The Kier molecular flexibility index (Phi) is 8.95. The van der Waals surface area contributed by atoms with Crippen LogP contribution in [0.3, 0.4) is 0 Å². The van der Waals surface area contributed by atoms with Crippen LogP contribution in [0.15, 0.2) is 78.0 Å². The van der Waals surface area contributed by atoms with Gasteiger partial charge in [-0.25, -0.2) is 23.4 Å². The first kappa shape index (κ1) is 31.1. The maximum atomic E-state index is 13.2. The number of hydrogen-bond acceptors (Lipinski definition) is 10. The van der Waals surface area contributed by atoms with Gasteiger partial charge in [-0.3, -0.25) is 4.72 Å². The van der Waals surface area contributed by atoms with Crippen molar-refractivity contribution in [1.29, 1.82) is 0 Å². The van der Waals surface area contributed by atoms with Crippen LogP contribution in [-0.4, -0.2) is 59.4 Å². The first-order valence-corrected chi connectivity index (χ1v) is 16.6. The Balaban J connectivity index is 1.26. The number of methoxy groups -OCH3 is 2. The first-order valence-electron chi connectivity index (χ1n) is 15.2. The van der Waals surface area contributed by atoms with Crippen LogP contribution in [-0.2, 0) is 16.6 Å². The third-order valence-corrected chi connectivity index (χ3v) is 9.50. The molecule has 0 saturated heterocycles. The summed E-state index contributed by atoms with van der Waals surface area (Å²) in [7, 11) is -0.891. The second-order valence-corrected chi connectivity index (χ2v) is 12.8. The number of fused-ring (bicyclic) bond motifs is 1. The molecule has 0 unspecified atom stereocenters. The molecule has 3 aromatic carbocycles. The van der Waals surface area contributed by atoms with E-state index in [2.05, 4.69) is 36.0 Å².